The number of piperidine rings is 1. The zero-order valence-electron chi connectivity index (χ0n) is 12.7. The van der Waals surface area contributed by atoms with E-state index in [9.17, 15) is 9.59 Å². The van der Waals surface area contributed by atoms with E-state index in [-0.39, 0.29) is 30.3 Å². The maximum atomic E-state index is 12.1. The van der Waals surface area contributed by atoms with Gasteiger partial charge in [-0.15, -0.1) is 0 Å². The second-order valence-corrected chi connectivity index (χ2v) is 5.79. The summed E-state index contributed by atoms with van der Waals surface area (Å²) in [4.78, 5) is 25.8. The van der Waals surface area contributed by atoms with Gasteiger partial charge in [0.05, 0.1) is 5.92 Å². The van der Waals surface area contributed by atoms with Gasteiger partial charge in [0.1, 0.15) is 0 Å². The third-order valence-corrected chi connectivity index (χ3v) is 3.86. The van der Waals surface area contributed by atoms with Crippen LogP contribution in [0.2, 0.25) is 0 Å². The predicted molar refractivity (Wildman–Crippen MR) is 78.1 cm³/mol. The van der Waals surface area contributed by atoms with Crippen LogP contribution in [0.25, 0.3) is 0 Å². The summed E-state index contributed by atoms with van der Waals surface area (Å²) in [5, 5.41) is 11.8. The molecule has 2 atom stereocenters. The fourth-order valence-electron chi connectivity index (χ4n) is 2.53. The fraction of sp³-hybridized carbons (Fsp3) is 0.867. The molecule has 1 heterocycles. The average Bonchev–Trinajstić information content (AvgIpc) is 2.45. The Bertz CT molecular complexity index is 320. The van der Waals surface area contributed by atoms with E-state index in [0.29, 0.717) is 25.9 Å². The number of carbonyl (C=O) groups excluding carboxylic acids is 2. The number of nitrogens with zero attached hydrogens (tertiary/aromatic N) is 1. The van der Waals surface area contributed by atoms with Gasteiger partial charge in [-0.05, 0) is 31.6 Å². The standard InChI is InChI=1S/C15H28N2O3/c1-3-5-14(19)17-8-4-6-13(11-17)15(20)16-10-12(2)7-9-18/h12-13,18H,3-11H2,1-2H3,(H,16,20). The molecule has 1 saturated heterocycles. The maximum Gasteiger partial charge on any atom is 0.224 e. The van der Waals surface area contributed by atoms with Crippen LogP contribution in [0, 0.1) is 11.8 Å². The molecule has 116 valence electrons. The third-order valence-electron chi connectivity index (χ3n) is 3.86. The highest BCUT2D eigenvalue weighted by molar-refractivity contribution is 5.81. The van der Waals surface area contributed by atoms with Gasteiger partial charge >= 0.3 is 0 Å². The first-order chi connectivity index (χ1) is 9.58. The lowest BCUT2D eigenvalue weighted by Crippen LogP contribution is -2.46. The molecule has 0 aromatic carbocycles. The number of likely N-dealkylation sites (tertiary alicyclic amines) is 1. The van der Waals surface area contributed by atoms with E-state index in [1.54, 1.807) is 0 Å². The lowest BCUT2D eigenvalue weighted by molar-refractivity contribution is -0.135. The Morgan fingerprint density at radius 3 is 2.85 bits per heavy atom. The van der Waals surface area contributed by atoms with E-state index in [1.807, 2.05) is 18.7 Å². The second-order valence-electron chi connectivity index (χ2n) is 5.79. The Morgan fingerprint density at radius 2 is 2.20 bits per heavy atom. The Balaban J connectivity index is 2.38. The number of nitrogens with one attached hydrogen (secondary N) is 1. The molecule has 1 aliphatic rings. The molecule has 2 amide bonds. The van der Waals surface area contributed by atoms with Crippen LogP contribution < -0.4 is 5.32 Å². The Morgan fingerprint density at radius 1 is 1.45 bits per heavy atom. The average molecular weight is 284 g/mol. The molecule has 0 spiro atoms. The van der Waals surface area contributed by atoms with Crippen molar-refractivity contribution >= 4 is 11.8 Å². The molecule has 0 radical (unpaired) electrons. The van der Waals surface area contributed by atoms with Crippen molar-refractivity contribution in [1.82, 2.24) is 10.2 Å². The summed E-state index contributed by atoms with van der Waals surface area (Å²) in [6.07, 6.45) is 3.88. The van der Waals surface area contributed by atoms with Crippen LogP contribution in [0.1, 0.15) is 46.0 Å². The van der Waals surface area contributed by atoms with Crippen LogP contribution in [0.15, 0.2) is 0 Å². The first kappa shape index (κ1) is 17.0. The summed E-state index contributed by atoms with van der Waals surface area (Å²) in [6.45, 7) is 6.09. The number of hydrogen-bond donors (Lipinski definition) is 2. The van der Waals surface area contributed by atoms with Gasteiger partial charge in [-0.25, -0.2) is 0 Å². The molecule has 0 aliphatic carbocycles. The number of aliphatic hydroxyl groups excluding tert-OH is 1. The van der Waals surface area contributed by atoms with Crippen LogP contribution in [0.3, 0.4) is 0 Å². The lowest BCUT2D eigenvalue weighted by Gasteiger charge is -2.32. The minimum Gasteiger partial charge on any atom is -0.396 e. The van der Waals surface area contributed by atoms with Crippen LogP contribution in [-0.4, -0.2) is 48.1 Å². The summed E-state index contributed by atoms with van der Waals surface area (Å²) >= 11 is 0. The van der Waals surface area contributed by atoms with E-state index >= 15 is 0 Å². The van der Waals surface area contributed by atoms with Gasteiger partial charge in [-0.2, -0.15) is 0 Å². The zero-order valence-corrected chi connectivity index (χ0v) is 12.7. The normalized spacial score (nSPS) is 20.6. The Labute approximate surface area is 121 Å². The molecule has 5 nitrogen and oxygen atoms in total. The van der Waals surface area contributed by atoms with Crippen molar-refractivity contribution in [2.75, 3.05) is 26.2 Å². The zero-order chi connectivity index (χ0) is 15.0. The van der Waals surface area contributed by atoms with Crippen molar-refractivity contribution in [1.29, 1.82) is 0 Å². The van der Waals surface area contributed by atoms with E-state index in [0.717, 1.165) is 25.8 Å². The molecule has 1 aliphatic heterocycles. The van der Waals surface area contributed by atoms with Crippen molar-refractivity contribution in [3.05, 3.63) is 0 Å². The molecular weight excluding hydrogens is 256 g/mol. The molecule has 0 aromatic heterocycles. The SMILES string of the molecule is CCCC(=O)N1CCCC(C(=O)NCC(C)CCO)C1. The third kappa shape index (κ3) is 5.49. The van der Waals surface area contributed by atoms with E-state index in [2.05, 4.69) is 5.32 Å². The quantitative estimate of drug-likeness (QED) is 0.737. The molecule has 5 heteroatoms. The highest BCUT2D eigenvalue weighted by Gasteiger charge is 2.27. The van der Waals surface area contributed by atoms with Crippen molar-refractivity contribution in [3.63, 3.8) is 0 Å². The predicted octanol–water partition coefficient (Wildman–Crippen LogP) is 1.16. The summed E-state index contributed by atoms with van der Waals surface area (Å²) in [6, 6.07) is 0. The molecule has 1 rings (SSSR count). The second kappa shape index (κ2) is 8.95. The van der Waals surface area contributed by atoms with Gasteiger partial charge in [0.15, 0.2) is 0 Å². The first-order valence-corrected chi connectivity index (χ1v) is 7.74. The molecular formula is C15H28N2O3. The topological polar surface area (TPSA) is 69.6 Å². The molecule has 0 saturated carbocycles. The monoisotopic (exact) mass is 284 g/mol. The number of carbonyl (C=O) groups is 2. The largest absolute Gasteiger partial charge is 0.396 e. The molecule has 0 bridgehead atoms. The van der Waals surface area contributed by atoms with E-state index < -0.39 is 0 Å². The fourth-order valence-corrected chi connectivity index (χ4v) is 2.53. The highest BCUT2D eigenvalue weighted by Crippen LogP contribution is 2.18. The number of rotatable bonds is 7. The van der Waals surface area contributed by atoms with E-state index in [4.69, 9.17) is 5.11 Å². The van der Waals surface area contributed by atoms with Crippen LogP contribution in [0.5, 0.6) is 0 Å². The van der Waals surface area contributed by atoms with Crippen molar-refractivity contribution in [3.8, 4) is 0 Å². The van der Waals surface area contributed by atoms with Crippen molar-refractivity contribution < 1.29 is 14.7 Å². The first-order valence-electron chi connectivity index (χ1n) is 7.74. The minimum absolute atomic E-state index is 0.0452. The van der Waals surface area contributed by atoms with Gasteiger partial charge in [-0.1, -0.05) is 13.8 Å². The summed E-state index contributed by atoms with van der Waals surface area (Å²) in [7, 11) is 0. The van der Waals surface area contributed by atoms with E-state index in [1.165, 1.54) is 0 Å². The smallest absolute Gasteiger partial charge is 0.224 e. The summed E-state index contributed by atoms with van der Waals surface area (Å²) in [5.41, 5.74) is 0. The highest BCUT2D eigenvalue weighted by atomic mass is 16.3. The number of aliphatic hydroxyl groups is 1. The van der Waals surface area contributed by atoms with Crippen LogP contribution >= 0.6 is 0 Å². The Hall–Kier alpha value is -1.10. The van der Waals surface area contributed by atoms with Gasteiger partial charge in [0.2, 0.25) is 11.8 Å². The van der Waals surface area contributed by atoms with Crippen LogP contribution in [-0.2, 0) is 9.59 Å². The minimum atomic E-state index is -0.0779. The van der Waals surface area contributed by atoms with Crippen LogP contribution in [0.4, 0.5) is 0 Å². The van der Waals surface area contributed by atoms with Crippen molar-refractivity contribution in [2.45, 2.75) is 46.0 Å². The lowest BCUT2D eigenvalue weighted by atomic mass is 9.96. The van der Waals surface area contributed by atoms with Crippen molar-refractivity contribution in [2.24, 2.45) is 11.8 Å². The molecule has 0 aromatic rings. The van der Waals surface area contributed by atoms with Gasteiger partial charge in [0, 0.05) is 32.7 Å². The van der Waals surface area contributed by atoms with Gasteiger partial charge in [-0.3, -0.25) is 9.59 Å². The van der Waals surface area contributed by atoms with Gasteiger partial charge < -0.3 is 15.3 Å². The molecule has 2 unspecified atom stereocenters. The maximum absolute atomic E-state index is 12.1. The molecule has 20 heavy (non-hydrogen) atoms. The summed E-state index contributed by atoms with van der Waals surface area (Å²) in [5.74, 6) is 0.415. The molecule has 2 N–H and O–H groups in total. The number of amides is 2. The van der Waals surface area contributed by atoms with Gasteiger partial charge in [0.25, 0.3) is 0 Å². The number of hydrogen-bond acceptors (Lipinski definition) is 3. The Kier molecular flexibility index (Phi) is 7.59. The molecule has 1 fully saturated rings. The summed E-state index contributed by atoms with van der Waals surface area (Å²) < 4.78 is 0.